The zero-order valence-electron chi connectivity index (χ0n) is 19.3. The SMILES string of the molecule is COCCN1C(=O)N(Cc2cccc(OC)c2)C(=O)C12CCN(C[C@@H]1CC=CCC1)CC2. The smallest absolute Gasteiger partial charge is 0.328 e. The zero-order chi connectivity index (χ0) is 22.6. The van der Waals surface area contributed by atoms with Gasteiger partial charge in [-0.15, -0.1) is 0 Å². The molecule has 0 saturated carbocycles. The van der Waals surface area contributed by atoms with Gasteiger partial charge in [0.05, 0.1) is 20.3 Å². The first-order chi connectivity index (χ1) is 15.6. The van der Waals surface area contributed by atoms with Crippen LogP contribution in [-0.4, -0.2) is 79.2 Å². The van der Waals surface area contributed by atoms with Crippen molar-refractivity contribution in [1.82, 2.24) is 14.7 Å². The molecule has 0 bridgehead atoms. The number of piperidine rings is 1. The zero-order valence-corrected chi connectivity index (χ0v) is 19.3. The highest BCUT2D eigenvalue weighted by Crippen LogP contribution is 2.38. The molecule has 0 aromatic heterocycles. The molecule has 7 heteroatoms. The second-order valence-corrected chi connectivity index (χ2v) is 9.15. The van der Waals surface area contributed by atoms with E-state index >= 15 is 0 Å². The third kappa shape index (κ3) is 4.55. The quantitative estimate of drug-likeness (QED) is 0.458. The number of methoxy groups -OCH3 is 2. The number of urea groups is 1. The minimum absolute atomic E-state index is 0.0679. The third-order valence-corrected chi connectivity index (χ3v) is 7.19. The second kappa shape index (κ2) is 10.0. The van der Waals surface area contributed by atoms with E-state index in [0.29, 0.717) is 31.9 Å². The number of imide groups is 1. The lowest BCUT2D eigenvalue weighted by Crippen LogP contribution is -2.57. The number of amides is 3. The molecule has 2 fully saturated rings. The first kappa shape index (κ1) is 22.8. The van der Waals surface area contributed by atoms with Crippen LogP contribution >= 0.6 is 0 Å². The van der Waals surface area contributed by atoms with Gasteiger partial charge in [-0.25, -0.2) is 4.79 Å². The van der Waals surface area contributed by atoms with Crippen LogP contribution in [0.25, 0.3) is 0 Å². The number of hydrogen-bond donors (Lipinski definition) is 0. The number of allylic oxidation sites excluding steroid dienone is 2. The lowest BCUT2D eigenvalue weighted by atomic mass is 9.84. The van der Waals surface area contributed by atoms with Gasteiger partial charge >= 0.3 is 6.03 Å². The van der Waals surface area contributed by atoms with Gasteiger partial charge in [-0.3, -0.25) is 9.69 Å². The van der Waals surface area contributed by atoms with Crippen LogP contribution in [0.3, 0.4) is 0 Å². The van der Waals surface area contributed by atoms with Gasteiger partial charge in [-0.1, -0.05) is 24.3 Å². The number of hydrogen-bond acceptors (Lipinski definition) is 5. The van der Waals surface area contributed by atoms with Gasteiger partial charge in [0.2, 0.25) is 0 Å². The number of benzene rings is 1. The number of rotatable bonds is 8. The molecule has 2 aliphatic heterocycles. The predicted molar refractivity (Wildman–Crippen MR) is 122 cm³/mol. The maximum atomic E-state index is 13.7. The highest BCUT2D eigenvalue weighted by atomic mass is 16.5. The van der Waals surface area contributed by atoms with Crippen molar-refractivity contribution in [2.45, 2.75) is 44.2 Å². The van der Waals surface area contributed by atoms with Crippen molar-refractivity contribution in [3.05, 3.63) is 42.0 Å². The van der Waals surface area contributed by atoms with Crippen LogP contribution in [0.15, 0.2) is 36.4 Å². The molecule has 32 heavy (non-hydrogen) atoms. The average molecular weight is 442 g/mol. The fourth-order valence-corrected chi connectivity index (χ4v) is 5.34. The lowest BCUT2D eigenvalue weighted by Gasteiger charge is -2.43. The maximum absolute atomic E-state index is 13.7. The molecule has 1 spiro atoms. The molecule has 7 nitrogen and oxygen atoms in total. The molecule has 1 atom stereocenters. The van der Waals surface area contributed by atoms with E-state index in [4.69, 9.17) is 9.47 Å². The van der Waals surface area contributed by atoms with Crippen molar-refractivity contribution < 1.29 is 19.1 Å². The van der Waals surface area contributed by atoms with Gasteiger partial charge in [-0.2, -0.15) is 0 Å². The van der Waals surface area contributed by atoms with Crippen molar-refractivity contribution in [3.8, 4) is 5.75 Å². The summed E-state index contributed by atoms with van der Waals surface area (Å²) in [5, 5.41) is 0. The Labute approximate surface area is 190 Å². The minimum Gasteiger partial charge on any atom is -0.497 e. The van der Waals surface area contributed by atoms with E-state index in [-0.39, 0.29) is 18.5 Å². The monoisotopic (exact) mass is 441 g/mol. The van der Waals surface area contributed by atoms with Crippen LogP contribution in [0.5, 0.6) is 5.75 Å². The molecule has 174 valence electrons. The van der Waals surface area contributed by atoms with Crippen LogP contribution in [0.4, 0.5) is 4.79 Å². The van der Waals surface area contributed by atoms with Gasteiger partial charge in [0.1, 0.15) is 11.3 Å². The summed E-state index contributed by atoms with van der Waals surface area (Å²) in [6, 6.07) is 7.35. The van der Waals surface area contributed by atoms with Gasteiger partial charge in [0.15, 0.2) is 0 Å². The lowest BCUT2D eigenvalue weighted by molar-refractivity contribution is -0.136. The molecule has 0 N–H and O–H groups in total. The van der Waals surface area contributed by atoms with Gasteiger partial charge < -0.3 is 19.3 Å². The van der Waals surface area contributed by atoms with E-state index in [1.807, 2.05) is 24.3 Å². The molecule has 2 heterocycles. The fourth-order valence-electron chi connectivity index (χ4n) is 5.34. The van der Waals surface area contributed by atoms with Crippen molar-refractivity contribution >= 4 is 11.9 Å². The van der Waals surface area contributed by atoms with Crippen LogP contribution in [0.1, 0.15) is 37.7 Å². The molecule has 0 radical (unpaired) electrons. The Morgan fingerprint density at radius 3 is 2.62 bits per heavy atom. The normalized spacial score (nSPS) is 23.4. The Kier molecular flexibility index (Phi) is 7.16. The molecule has 1 aromatic rings. The Morgan fingerprint density at radius 1 is 1.12 bits per heavy atom. The third-order valence-electron chi connectivity index (χ3n) is 7.19. The largest absolute Gasteiger partial charge is 0.497 e. The number of carbonyl (C=O) groups is 2. The summed E-state index contributed by atoms with van der Waals surface area (Å²) in [7, 11) is 3.24. The molecule has 0 unspecified atom stereocenters. The molecule has 4 rings (SSSR count). The van der Waals surface area contributed by atoms with Gasteiger partial charge in [0.25, 0.3) is 5.91 Å². The van der Waals surface area contributed by atoms with E-state index in [1.54, 1.807) is 19.1 Å². The van der Waals surface area contributed by atoms with Crippen molar-refractivity contribution in [1.29, 1.82) is 0 Å². The summed E-state index contributed by atoms with van der Waals surface area (Å²) in [6.45, 7) is 3.88. The van der Waals surface area contributed by atoms with E-state index in [2.05, 4.69) is 17.1 Å². The summed E-state index contributed by atoms with van der Waals surface area (Å²) in [5.74, 6) is 1.35. The van der Waals surface area contributed by atoms with Gasteiger partial charge in [-0.05, 0) is 55.7 Å². The first-order valence-corrected chi connectivity index (χ1v) is 11.7. The topological polar surface area (TPSA) is 62.3 Å². The van der Waals surface area contributed by atoms with Crippen molar-refractivity contribution in [3.63, 3.8) is 0 Å². The van der Waals surface area contributed by atoms with Crippen LogP contribution in [0.2, 0.25) is 0 Å². The highest BCUT2D eigenvalue weighted by molar-refractivity contribution is 6.07. The van der Waals surface area contributed by atoms with Gasteiger partial charge in [0, 0.05) is 33.3 Å². The summed E-state index contributed by atoms with van der Waals surface area (Å²) >= 11 is 0. The average Bonchev–Trinajstić information content (AvgIpc) is 3.01. The minimum atomic E-state index is -0.753. The second-order valence-electron chi connectivity index (χ2n) is 9.15. The summed E-state index contributed by atoms with van der Waals surface area (Å²) in [6.07, 6.45) is 9.48. The van der Waals surface area contributed by atoms with Crippen LogP contribution in [0, 0.1) is 5.92 Å². The maximum Gasteiger partial charge on any atom is 0.328 e. The van der Waals surface area contributed by atoms with Crippen molar-refractivity contribution in [2.75, 3.05) is 47.0 Å². The summed E-state index contributed by atoms with van der Waals surface area (Å²) < 4.78 is 10.6. The predicted octanol–water partition coefficient (Wildman–Crippen LogP) is 3.30. The molecule has 1 aromatic carbocycles. The molecular weight excluding hydrogens is 406 g/mol. The Hall–Kier alpha value is -2.38. The molecule has 3 amide bonds. The number of carbonyl (C=O) groups excluding carboxylic acids is 2. The molecular formula is C25H35N3O4. The Morgan fingerprint density at radius 2 is 1.94 bits per heavy atom. The first-order valence-electron chi connectivity index (χ1n) is 11.7. The van der Waals surface area contributed by atoms with E-state index < -0.39 is 5.54 Å². The number of likely N-dealkylation sites (tertiary alicyclic amines) is 1. The van der Waals surface area contributed by atoms with Crippen molar-refractivity contribution in [2.24, 2.45) is 5.92 Å². The summed E-state index contributed by atoms with van der Waals surface area (Å²) in [5.41, 5.74) is 0.134. The van der Waals surface area contributed by atoms with E-state index in [1.165, 1.54) is 17.7 Å². The molecule has 1 aliphatic carbocycles. The molecule has 2 saturated heterocycles. The Bertz CT molecular complexity index is 847. The Balaban J connectivity index is 1.48. The van der Waals surface area contributed by atoms with E-state index in [9.17, 15) is 9.59 Å². The fraction of sp³-hybridized carbons (Fsp3) is 0.600. The highest BCUT2D eigenvalue weighted by Gasteiger charge is 2.57. The van der Waals surface area contributed by atoms with Crippen LogP contribution < -0.4 is 4.74 Å². The number of ether oxygens (including phenoxy) is 2. The number of nitrogens with zero attached hydrogens (tertiary/aromatic N) is 3. The summed E-state index contributed by atoms with van der Waals surface area (Å²) in [4.78, 5) is 32.7. The standard InChI is InChI=1S/C25H35N3O4/c1-31-16-15-28-24(30)27(19-21-9-6-10-22(17-21)32-2)23(29)25(28)11-13-26(14-12-25)18-20-7-4-3-5-8-20/h3-4,6,9-10,17,20H,5,7-8,11-16,18-19H2,1-2H3/t20-/m1/s1. The van der Waals surface area contributed by atoms with Crippen LogP contribution in [-0.2, 0) is 16.1 Å². The molecule has 3 aliphatic rings. The van der Waals surface area contributed by atoms with E-state index in [0.717, 1.165) is 37.4 Å².